The highest BCUT2D eigenvalue weighted by Gasteiger charge is 2.07. The van der Waals surface area contributed by atoms with E-state index in [9.17, 15) is 4.79 Å². The molecule has 0 saturated carbocycles. The number of rotatable bonds is 7. The van der Waals surface area contributed by atoms with Gasteiger partial charge < -0.3 is 10.2 Å². The molecule has 14 heavy (non-hydrogen) atoms. The van der Waals surface area contributed by atoms with Crippen molar-refractivity contribution in [3.05, 3.63) is 0 Å². The van der Waals surface area contributed by atoms with Crippen molar-refractivity contribution in [2.45, 2.75) is 33.6 Å². The molecule has 0 radical (unpaired) electrons. The zero-order valence-electron chi connectivity index (χ0n) is 9.97. The van der Waals surface area contributed by atoms with Crippen LogP contribution in [0.2, 0.25) is 0 Å². The van der Waals surface area contributed by atoms with Gasteiger partial charge in [-0.25, -0.2) is 0 Å². The summed E-state index contributed by atoms with van der Waals surface area (Å²) in [5.41, 5.74) is 0. The molecule has 0 spiro atoms. The first-order chi connectivity index (χ1) is 6.65. The Bertz CT molecular complexity index is 155. The first-order valence-corrected chi connectivity index (χ1v) is 5.60. The Morgan fingerprint density at radius 2 is 1.86 bits per heavy atom. The molecule has 84 valence electrons. The Morgan fingerprint density at radius 3 is 2.29 bits per heavy atom. The summed E-state index contributed by atoms with van der Waals surface area (Å²) >= 11 is 0. The normalized spacial score (nSPS) is 10.6. The molecule has 0 aromatic carbocycles. The minimum absolute atomic E-state index is 0.179. The van der Waals surface area contributed by atoms with Gasteiger partial charge in [0.25, 0.3) is 0 Å². The van der Waals surface area contributed by atoms with Crippen molar-refractivity contribution >= 4 is 5.91 Å². The SMILES string of the molecule is CCC(CC)CNCC(=O)N(C)CC. The molecule has 0 aliphatic rings. The smallest absolute Gasteiger partial charge is 0.236 e. The number of hydrogen-bond acceptors (Lipinski definition) is 2. The average molecular weight is 200 g/mol. The summed E-state index contributed by atoms with van der Waals surface area (Å²) in [4.78, 5) is 13.1. The van der Waals surface area contributed by atoms with E-state index in [1.54, 1.807) is 4.90 Å². The number of hydrogen-bond donors (Lipinski definition) is 1. The van der Waals surface area contributed by atoms with Gasteiger partial charge >= 0.3 is 0 Å². The molecule has 1 N–H and O–H groups in total. The maximum atomic E-state index is 11.4. The Hall–Kier alpha value is -0.570. The topological polar surface area (TPSA) is 32.3 Å². The second-order valence-corrected chi connectivity index (χ2v) is 3.72. The highest BCUT2D eigenvalue weighted by atomic mass is 16.2. The third-order valence-electron chi connectivity index (χ3n) is 2.76. The Labute approximate surface area is 87.9 Å². The van der Waals surface area contributed by atoms with Crippen LogP contribution >= 0.6 is 0 Å². The summed E-state index contributed by atoms with van der Waals surface area (Å²) in [5.74, 6) is 0.883. The maximum Gasteiger partial charge on any atom is 0.236 e. The average Bonchev–Trinajstić information content (AvgIpc) is 2.22. The maximum absolute atomic E-state index is 11.4. The van der Waals surface area contributed by atoms with Gasteiger partial charge in [-0.15, -0.1) is 0 Å². The third kappa shape index (κ3) is 5.22. The summed E-state index contributed by atoms with van der Waals surface area (Å²) in [5, 5.41) is 3.21. The van der Waals surface area contributed by atoms with Crippen LogP contribution in [-0.4, -0.2) is 37.5 Å². The zero-order valence-corrected chi connectivity index (χ0v) is 9.97. The van der Waals surface area contributed by atoms with Crippen molar-refractivity contribution in [2.24, 2.45) is 5.92 Å². The summed E-state index contributed by atoms with van der Waals surface area (Å²) in [6.07, 6.45) is 2.36. The van der Waals surface area contributed by atoms with Crippen LogP contribution in [0.25, 0.3) is 0 Å². The lowest BCUT2D eigenvalue weighted by Crippen LogP contribution is -2.37. The van der Waals surface area contributed by atoms with Gasteiger partial charge in [0.1, 0.15) is 0 Å². The molecule has 0 atom stereocenters. The van der Waals surface area contributed by atoms with Gasteiger partial charge in [-0.2, -0.15) is 0 Å². The monoisotopic (exact) mass is 200 g/mol. The largest absolute Gasteiger partial charge is 0.345 e. The van der Waals surface area contributed by atoms with Crippen LogP contribution in [0.5, 0.6) is 0 Å². The highest BCUT2D eigenvalue weighted by molar-refractivity contribution is 5.77. The number of carbonyl (C=O) groups excluding carboxylic acids is 1. The second-order valence-electron chi connectivity index (χ2n) is 3.72. The van der Waals surface area contributed by atoms with E-state index in [2.05, 4.69) is 19.2 Å². The number of carbonyl (C=O) groups is 1. The zero-order chi connectivity index (χ0) is 11.0. The second kappa shape index (κ2) is 7.80. The Balaban J connectivity index is 3.57. The summed E-state index contributed by atoms with van der Waals surface area (Å²) in [6.45, 7) is 8.58. The van der Waals surface area contributed by atoms with E-state index in [1.807, 2.05) is 14.0 Å². The fourth-order valence-corrected chi connectivity index (χ4v) is 1.27. The van der Waals surface area contributed by atoms with E-state index < -0.39 is 0 Å². The molecular weight excluding hydrogens is 176 g/mol. The Kier molecular flexibility index (Phi) is 7.48. The fraction of sp³-hybridized carbons (Fsp3) is 0.909. The van der Waals surface area contributed by atoms with Gasteiger partial charge in [0.2, 0.25) is 5.91 Å². The standard InChI is InChI=1S/C11H24N2O/c1-5-10(6-2)8-12-9-11(14)13(4)7-3/h10,12H,5-9H2,1-4H3. The molecule has 0 bridgehead atoms. The van der Waals surface area contributed by atoms with E-state index >= 15 is 0 Å². The van der Waals surface area contributed by atoms with Crippen molar-refractivity contribution in [1.29, 1.82) is 0 Å². The van der Waals surface area contributed by atoms with E-state index in [0.717, 1.165) is 13.1 Å². The van der Waals surface area contributed by atoms with E-state index in [1.165, 1.54) is 12.8 Å². The molecule has 0 unspecified atom stereocenters. The molecule has 3 heteroatoms. The molecule has 1 amide bonds. The van der Waals surface area contributed by atoms with Crippen molar-refractivity contribution in [3.63, 3.8) is 0 Å². The van der Waals surface area contributed by atoms with E-state index in [0.29, 0.717) is 12.5 Å². The molecule has 3 nitrogen and oxygen atoms in total. The molecular formula is C11H24N2O. The number of nitrogens with zero attached hydrogens (tertiary/aromatic N) is 1. The molecule has 0 aliphatic heterocycles. The molecule has 0 rings (SSSR count). The van der Waals surface area contributed by atoms with Crippen LogP contribution in [0.15, 0.2) is 0 Å². The van der Waals surface area contributed by atoms with Crippen LogP contribution in [0.4, 0.5) is 0 Å². The first-order valence-electron chi connectivity index (χ1n) is 5.60. The molecule has 0 aromatic heterocycles. The number of nitrogens with one attached hydrogen (secondary N) is 1. The lowest BCUT2D eigenvalue weighted by molar-refractivity contribution is -0.128. The number of amides is 1. The first kappa shape index (κ1) is 13.4. The quantitative estimate of drug-likeness (QED) is 0.675. The van der Waals surface area contributed by atoms with Gasteiger partial charge in [-0.1, -0.05) is 26.7 Å². The molecule has 0 aliphatic carbocycles. The van der Waals surface area contributed by atoms with Crippen LogP contribution in [-0.2, 0) is 4.79 Å². The predicted molar refractivity (Wildman–Crippen MR) is 60.3 cm³/mol. The van der Waals surface area contributed by atoms with Gasteiger partial charge in [0.15, 0.2) is 0 Å². The van der Waals surface area contributed by atoms with Crippen molar-refractivity contribution < 1.29 is 4.79 Å². The third-order valence-corrected chi connectivity index (χ3v) is 2.76. The fourth-order valence-electron chi connectivity index (χ4n) is 1.27. The van der Waals surface area contributed by atoms with Crippen LogP contribution in [0.3, 0.4) is 0 Å². The minimum atomic E-state index is 0.179. The van der Waals surface area contributed by atoms with Gasteiger partial charge in [0, 0.05) is 13.6 Å². The minimum Gasteiger partial charge on any atom is -0.345 e. The molecule has 0 fully saturated rings. The Morgan fingerprint density at radius 1 is 1.29 bits per heavy atom. The van der Waals surface area contributed by atoms with E-state index in [-0.39, 0.29) is 5.91 Å². The summed E-state index contributed by atoms with van der Waals surface area (Å²) in [6, 6.07) is 0. The van der Waals surface area contributed by atoms with Gasteiger partial charge in [-0.3, -0.25) is 4.79 Å². The van der Waals surface area contributed by atoms with Gasteiger partial charge in [-0.05, 0) is 19.4 Å². The van der Waals surface area contributed by atoms with Crippen LogP contribution < -0.4 is 5.32 Å². The van der Waals surface area contributed by atoms with Crippen LogP contribution in [0, 0.1) is 5.92 Å². The number of likely N-dealkylation sites (N-methyl/N-ethyl adjacent to an activating group) is 1. The van der Waals surface area contributed by atoms with Gasteiger partial charge in [0.05, 0.1) is 6.54 Å². The summed E-state index contributed by atoms with van der Waals surface area (Å²) < 4.78 is 0. The lowest BCUT2D eigenvalue weighted by atomic mass is 10.0. The highest BCUT2D eigenvalue weighted by Crippen LogP contribution is 2.04. The van der Waals surface area contributed by atoms with Crippen molar-refractivity contribution in [2.75, 3.05) is 26.7 Å². The lowest BCUT2D eigenvalue weighted by Gasteiger charge is -2.17. The van der Waals surface area contributed by atoms with Crippen molar-refractivity contribution in [1.82, 2.24) is 10.2 Å². The van der Waals surface area contributed by atoms with Crippen LogP contribution in [0.1, 0.15) is 33.6 Å². The van der Waals surface area contributed by atoms with Crippen molar-refractivity contribution in [3.8, 4) is 0 Å². The molecule has 0 heterocycles. The molecule has 0 saturated heterocycles. The summed E-state index contributed by atoms with van der Waals surface area (Å²) in [7, 11) is 1.83. The van der Waals surface area contributed by atoms with E-state index in [4.69, 9.17) is 0 Å². The predicted octanol–water partition coefficient (Wildman–Crippen LogP) is 1.49. The molecule has 0 aromatic rings.